The van der Waals surface area contributed by atoms with Crippen LogP contribution in [0.15, 0.2) is 24.3 Å². The first kappa shape index (κ1) is 13.6. The van der Waals surface area contributed by atoms with Crippen LogP contribution in [0.3, 0.4) is 0 Å². The van der Waals surface area contributed by atoms with E-state index < -0.39 is 0 Å². The molecule has 21 heavy (non-hydrogen) atoms. The molecule has 7 nitrogen and oxygen atoms in total. The zero-order chi connectivity index (χ0) is 14.7. The van der Waals surface area contributed by atoms with Crippen molar-refractivity contribution in [1.82, 2.24) is 15.0 Å². The van der Waals surface area contributed by atoms with Gasteiger partial charge in [-0.05, 0) is 24.6 Å². The summed E-state index contributed by atoms with van der Waals surface area (Å²) in [6.07, 6.45) is 0. The van der Waals surface area contributed by atoms with E-state index >= 15 is 0 Å². The van der Waals surface area contributed by atoms with Gasteiger partial charge in [-0.25, -0.2) is 0 Å². The summed E-state index contributed by atoms with van der Waals surface area (Å²) in [5.41, 5.74) is 6.85. The van der Waals surface area contributed by atoms with Crippen molar-refractivity contribution in [1.29, 1.82) is 0 Å². The van der Waals surface area contributed by atoms with Crippen molar-refractivity contribution < 1.29 is 9.47 Å². The van der Waals surface area contributed by atoms with Crippen LogP contribution in [-0.2, 0) is 4.74 Å². The lowest BCUT2D eigenvalue weighted by Crippen LogP contribution is -2.37. The molecule has 2 heterocycles. The topological polar surface area (TPSA) is 86.4 Å². The Morgan fingerprint density at radius 3 is 2.76 bits per heavy atom. The molecule has 1 saturated heterocycles. The van der Waals surface area contributed by atoms with E-state index in [0.717, 1.165) is 18.7 Å². The van der Waals surface area contributed by atoms with Gasteiger partial charge in [-0.15, -0.1) is 0 Å². The zero-order valence-electron chi connectivity index (χ0n) is 11.8. The molecular formula is C14H17N5O2. The normalized spacial score (nSPS) is 15.0. The first-order chi connectivity index (χ1) is 10.2. The monoisotopic (exact) mass is 287 g/mol. The lowest BCUT2D eigenvalue weighted by atomic mass is 10.2. The number of morpholine rings is 1. The van der Waals surface area contributed by atoms with Crippen LogP contribution in [0.25, 0.3) is 0 Å². The van der Waals surface area contributed by atoms with Gasteiger partial charge in [0.25, 0.3) is 0 Å². The summed E-state index contributed by atoms with van der Waals surface area (Å²) < 4.78 is 11.0. The number of ether oxygens (including phenoxy) is 2. The zero-order valence-corrected chi connectivity index (χ0v) is 11.8. The number of nitrogen functional groups attached to an aromatic ring is 1. The number of hydrogen-bond donors (Lipinski definition) is 1. The number of hydrogen-bond acceptors (Lipinski definition) is 7. The summed E-state index contributed by atoms with van der Waals surface area (Å²) in [6, 6.07) is 7.87. The van der Waals surface area contributed by atoms with Crippen LogP contribution in [0.1, 0.15) is 5.56 Å². The van der Waals surface area contributed by atoms with Gasteiger partial charge in [-0.2, -0.15) is 15.0 Å². The maximum atomic E-state index is 5.75. The summed E-state index contributed by atoms with van der Waals surface area (Å²) in [5.74, 6) is 1.34. The van der Waals surface area contributed by atoms with Crippen LogP contribution >= 0.6 is 0 Å². The van der Waals surface area contributed by atoms with Crippen LogP contribution in [0.2, 0.25) is 0 Å². The van der Waals surface area contributed by atoms with E-state index in [2.05, 4.69) is 15.0 Å². The molecule has 1 fully saturated rings. The van der Waals surface area contributed by atoms with Crippen molar-refractivity contribution in [2.45, 2.75) is 6.92 Å². The average Bonchev–Trinajstić information content (AvgIpc) is 2.47. The van der Waals surface area contributed by atoms with E-state index in [1.165, 1.54) is 0 Å². The molecule has 0 unspecified atom stereocenters. The molecule has 0 radical (unpaired) electrons. The molecule has 0 atom stereocenters. The minimum atomic E-state index is 0.147. The van der Waals surface area contributed by atoms with Crippen LogP contribution in [-0.4, -0.2) is 41.3 Å². The van der Waals surface area contributed by atoms with Gasteiger partial charge in [0.1, 0.15) is 5.75 Å². The van der Waals surface area contributed by atoms with Gasteiger partial charge in [-0.3, -0.25) is 0 Å². The van der Waals surface area contributed by atoms with E-state index in [9.17, 15) is 0 Å². The van der Waals surface area contributed by atoms with Gasteiger partial charge in [-0.1, -0.05) is 12.1 Å². The molecule has 2 aromatic rings. The van der Waals surface area contributed by atoms with Gasteiger partial charge in [0, 0.05) is 13.1 Å². The highest BCUT2D eigenvalue weighted by Crippen LogP contribution is 2.21. The molecule has 1 aliphatic rings. The van der Waals surface area contributed by atoms with Gasteiger partial charge in [0.15, 0.2) is 0 Å². The standard InChI is InChI=1S/C14H17N5O2/c1-10-3-2-4-11(9-10)21-14-17-12(15)16-13(18-14)19-5-7-20-8-6-19/h2-4,9H,5-8H2,1H3,(H2,15,16,17,18). The molecular weight excluding hydrogens is 270 g/mol. The van der Waals surface area contributed by atoms with E-state index in [-0.39, 0.29) is 12.0 Å². The number of rotatable bonds is 3. The average molecular weight is 287 g/mol. The number of aryl methyl sites for hydroxylation is 1. The fourth-order valence-electron chi connectivity index (χ4n) is 2.10. The predicted octanol–water partition coefficient (Wildman–Crippen LogP) is 1.39. The molecule has 110 valence electrons. The van der Waals surface area contributed by atoms with Crippen LogP contribution in [0, 0.1) is 6.92 Å². The summed E-state index contributed by atoms with van der Waals surface area (Å²) in [7, 11) is 0. The minimum Gasteiger partial charge on any atom is -0.424 e. The number of benzene rings is 1. The Morgan fingerprint density at radius 1 is 1.19 bits per heavy atom. The second-order valence-electron chi connectivity index (χ2n) is 4.79. The molecule has 0 aliphatic carbocycles. The van der Waals surface area contributed by atoms with Gasteiger partial charge in [0.05, 0.1) is 13.2 Å². The second-order valence-corrected chi connectivity index (χ2v) is 4.79. The first-order valence-electron chi connectivity index (χ1n) is 6.79. The van der Waals surface area contributed by atoms with Gasteiger partial charge in [0.2, 0.25) is 11.9 Å². The summed E-state index contributed by atoms with van der Waals surface area (Å²) in [6.45, 7) is 4.76. The quantitative estimate of drug-likeness (QED) is 0.912. The Hall–Kier alpha value is -2.41. The summed E-state index contributed by atoms with van der Waals surface area (Å²) >= 11 is 0. The third-order valence-electron chi connectivity index (χ3n) is 3.11. The SMILES string of the molecule is Cc1cccc(Oc2nc(N)nc(N3CCOCC3)n2)c1. The van der Waals surface area contributed by atoms with Crippen LogP contribution in [0.4, 0.5) is 11.9 Å². The molecule has 7 heteroatoms. The number of anilines is 2. The molecule has 3 rings (SSSR count). The van der Waals surface area contributed by atoms with Gasteiger partial charge < -0.3 is 20.1 Å². The lowest BCUT2D eigenvalue weighted by molar-refractivity contribution is 0.122. The number of aromatic nitrogens is 3. The third-order valence-corrected chi connectivity index (χ3v) is 3.11. The molecule has 0 bridgehead atoms. The van der Waals surface area contributed by atoms with E-state index in [1.807, 2.05) is 36.1 Å². The van der Waals surface area contributed by atoms with E-state index in [0.29, 0.717) is 24.9 Å². The molecule has 0 amide bonds. The predicted molar refractivity (Wildman–Crippen MR) is 78.5 cm³/mol. The highest BCUT2D eigenvalue weighted by Gasteiger charge is 2.16. The Balaban J connectivity index is 1.83. The minimum absolute atomic E-state index is 0.147. The molecule has 0 spiro atoms. The maximum Gasteiger partial charge on any atom is 0.328 e. The Morgan fingerprint density at radius 2 is 2.00 bits per heavy atom. The highest BCUT2D eigenvalue weighted by molar-refractivity contribution is 5.37. The fourth-order valence-corrected chi connectivity index (χ4v) is 2.10. The van der Waals surface area contributed by atoms with Crippen molar-refractivity contribution in [3.8, 4) is 11.8 Å². The van der Waals surface area contributed by atoms with Crippen LogP contribution in [0.5, 0.6) is 11.8 Å². The van der Waals surface area contributed by atoms with E-state index in [4.69, 9.17) is 15.2 Å². The fraction of sp³-hybridized carbons (Fsp3) is 0.357. The van der Waals surface area contributed by atoms with Crippen molar-refractivity contribution in [2.75, 3.05) is 36.9 Å². The Labute approximate surface area is 122 Å². The highest BCUT2D eigenvalue weighted by atomic mass is 16.5. The summed E-state index contributed by atoms with van der Waals surface area (Å²) in [5, 5.41) is 0. The van der Waals surface area contributed by atoms with Crippen molar-refractivity contribution >= 4 is 11.9 Å². The molecule has 1 aromatic heterocycles. The van der Waals surface area contributed by atoms with Crippen molar-refractivity contribution in [2.24, 2.45) is 0 Å². The Kier molecular flexibility index (Phi) is 3.83. The second kappa shape index (κ2) is 5.92. The Bertz CT molecular complexity index is 629. The molecule has 0 saturated carbocycles. The van der Waals surface area contributed by atoms with Crippen LogP contribution < -0.4 is 15.4 Å². The largest absolute Gasteiger partial charge is 0.424 e. The number of nitrogens with two attached hydrogens (primary N) is 1. The van der Waals surface area contributed by atoms with E-state index in [1.54, 1.807) is 0 Å². The summed E-state index contributed by atoms with van der Waals surface area (Å²) in [4.78, 5) is 14.5. The molecule has 1 aromatic carbocycles. The number of nitrogens with zero attached hydrogens (tertiary/aromatic N) is 4. The lowest BCUT2D eigenvalue weighted by Gasteiger charge is -2.26. The smallest absolute Gasteiger partial charge is 0.328 e. The maximum absolute atomic E-state index is 5.75. The van der Waals surface area contributed by atoms with Crippen molar-refractivity contribution in [3.05, 3.63) is 29.8 Å². The molecule has 1 aliphatic heterocycles. The third kappa shape index (κ3) is 3.38. The van der Waals surface area contributed by atoms with Gasteiger partial charge >= 0.3 is 6.01 Å². The van der Waals surface area contributed by atoms with Crippen molar-refractivity contribution in [3.63, 3.8) is 0 Å². The molecule has 2 N–H and O–H groups in total. The first-order valence-corrected chi connectivity index (χ1v) is 6.79.